The second kappa shape index (κ2) is 5.51. The molecule has 0 spiro atoms. The van der Waals surface area contributed by atoms with Crippen LogP contribution in [0.2, 0.25) is 0 Å². The first-order valence-electron chi connectivity index (χ1n) is 6.59. The molecule has 0 aliphatic heterocycles. The largest absolute Gasteiger partial charge is 0.469 e. The van der Waals surface area contributed by atoms with Gasteiger partial charge in [-0.1, -0.05) is 24.5 Å². The number of carbonyl (C=O) groups is 1. The van der Waals surface area contributed by atoms with Crippen molar-refractivity contribution in [2.45, 2.75) is 51.4 Å². The maximum absolute atomic E-state index is 11.9. The van der Waals surface area contributed by atoms with Crippen molar-refractivity contribution in [2.24, 2.45) is 11.8 Å². The number of methoxy groups -OCH3 is 1. The highest BCUT2D eigenvalue weighted by Crippen LogP contribution is 2.38. The molecule has 1 atom stereocenters. The van der Waals surface area contributed by atoms with Gasteiger partial charge in [0, 0.05) is 0 Å². The number of allylic oxidation sites excluding steroid dienone is 1. The van der Waals surface area contributed by atoms with E-state index in [1.165, 1.54) is 51.2 Å². The highest BCUT2D eigenvalue weighted by atomic mass is 16.5. The quantitative estimate of drug-likeness (QED) is 0.540. The molecule has 0 heterocycles. The van der Waals surface area contributed by atoms with Crippen molar-refractivity contribution in [3.05, 3.63) is 11.6 Å². The first-order chi connectivity index (χ1) is 7.83. The van der Waals surface area contributed by atoms with Gasteiger partial charge in [0.1, 0.15) is 0 Å². The molecule has 0 bridgehead atoms. The van der Waals surface area contributed by atoms with Gasteiger partial charge in [0.25, 0.3) is 0 Å². The van der Waals surface area contributed by atoms with Crippen LogP contribution >= 0.6 is 0 Å². The van der Waals surface area contributed by atoms with Crippen molar-refractivity contribution in [2.75, 3.05) is 7.11 Å². The molecule has 0 N–H and O–H groups in total. The molecule has 0 radical (unpaired) electrons. The molecule has 0 aromatic heterocycles. The molecule has 2 nitrogen and oxygen atoms in total. The van der Waals surface area contributed by atoms with Crippen LogP contribution in [0.25, 0.3) is 0 Å². The smallest absolute Gasteiger partial charge is 0.313 e. The van der Waals surface area contributed by atoms with Crippen LogP contribution in [0.5, 0.6) is 0 Å². The molecule has 1 unspecified atom stereocenters. The average molecular weight is 222 g/mol. The van der Waals surface area contributed by atoms with Gasteiger partial charge >= 0.3 is 5.97 Å². The fourth-order valence-electron chi connectivity index (χ4n) is 3.21. The molecule has 16 heavy (non-hydrogen) atoms. The molecule has 0 amide bonds. The Morgan fingerprint density at radius 3 is 2.62 bits per heavy atom. The van der Waals surface area contributed by atoms with E-state index >= 15 is 0 Å². The lowest BCUT2D eigenvalue weighted by atomic mass is 9.80. The normalized spacial score (nSPS) is 23.9. The number of rotatable bonds is 3. The van der Waals surface area contributed by atoms with Crippen LogP contribution in [0, 0.1) is 11.8 Å². The van der Waals surface area contributed by atoms with Crippen molar-refractivity contribution in [1.29, 1.82) is 0 Å². The fraction of sp³-hybridized carbons (Fsp3) is 0.786. The summed E-state index contributed by atoms with van der Waals surface area (Å²) < 4.78 is 5.00. The van der Waals surface area contributed by atoms with Crippen LogP contribution in [-0.2, 0) is 9.53 Å². The van der Waals surface area contributed by atoms with Gasteiger partial charge in [0.05, 0.1) is 13.0 Å². The van der Waals surface area contributed by atoms with E-state index in [0.29, 0.717) is 5.92 Å². The Labute approximate surface area is 98.1 Å². The standard InChI is InChI=1S/C14H22O2/c1-16-14(15)13(12-9-5-6-10-12)11-7-3-2-4-8-11/h7,12-13H,2-6,8-10H2,1H3. The van der Waals surface area contributed by atoms with E-state index in [9.17, 15) is 4.79 Å². The van der Waals surface area contributed by atoms with Gasteiger partial charge in [-0.25, -0.2) is 0 Å². The molecule has 0 aromatic carbocycles. The average Bonchev–Trinajstić information content (AvgIpc) is 2.84. The molecular weight excluding hydrogens is 200 g/mol. The lowest BCUT2D eigenvalue weighted by molar-refractivity contribution is -0.145. The van der Waals surface area contributed by atoms with Crippen molar-refractivity contribution in [1.82, 2.24) is 0 Å². The molecule has 90 valence electrons. The highest BCUT2D eigenvalue weighted by molar-refractivity contribution is 5.76. The molecule has 2 aliphatic rings. The van der Waals surface area contributed by atoms with E-state index in [2.05, 4.69) is 6.08 Å². The van der Waals surface area contributed by atoms with Crippen molar-refractivity contribution >= 4 is 5.97 Å². The predicted octanol–water partition coefficient (Wildman–Crippen LogP) is 3.47. The SMILES string of the molecule is COC(=O)C(C1=CCCCC1)C1CCCC1. The first-order valence-corrected chi connectivity index (χ1v) is 6.59. The summed E-state index contributed by atoms with van der Waals surface area (Å²) in [5.41, 5.74) is 1.37. The van der Waals surface area contributed by atoms with Gasteiger partial charge in [0.2, 0.25) is 0 Å². The molecule has 0 aromatic rings. The molecule has 1 saturated carbocycles. The van der Waals surface area contributed by atoms with Crippen LogP contribution in [-0.4, -0.2) is 13.1 Å². The van der Waals surface area contributed by atoms with Crippen LogP contribution in [0.15, 0.2) is 11.6 Å². The first kappa shape index (κ1) is 11.7. The van der Waals surface area contributed by atoms with E-state index in [1.807, 2.05) is 0 Å². The minimum absolute atomic E-state index is 0.0000463. The number of carbonyl (C=O) groups excluding carboxylic acids is 1. The van der Waals surface area contributed by atoms with E-state index in [0.717, 1.165) is 12.8 Å². The Morgan fingerprint density at radius 1 is 1.31 bits per heavy atom. The van der Waals surface area contributed by atoms with Gasteiger partial charge < -0.3 is 4.74 Å². The van der Waals surface area contributed by atoms with E-state index in [-0.39, 0.29) is 11.9 Å². The topological polar surface area (TPSA) is 26.3 Å². The number of ether oxygens (including phenoxy) is 1. The zero-order valence-corrected chi connectivity index (χ0v) is 10.2. The number of esters is 1. The minimum Gasteiger partial charge on any atom is -0.469 e. The van der Waals surface area contributed by atoms with Crippen molar-refractivity contribution < 1.29 is 9.53 Å². The van der Waals surface area contributed by atoms with Crippen LogP contribution in [0.4, 0.5) is 0 Å². The monoisotopic (exact) mass is 222 g/mol. The maximum Gasteiger partial charge on any atom is 0.313 e. The maximum atomic E-state index is 11.9. The Bertz CT molecular complexity index is 274. The van der Waals surface area contributed by atoms with Crippen LogP contribution in [0.3, 0.4) is 0 Å². The van der Waals surface area contributed by atoms with Gasteiger partial charge in [0.15, 0.2) is 0 Å². The fourth-order valence-corrected chi connectivity index (χ4v) is 3.21. The third kappa shape index (κ3) is 2.47. The number of hydrogen-bond donors (Lipinski definition) is 0. The lowest BCUT2D eigenvalue weighted by Crippen LogP contribution is -2.26. The molecule has 0 saturated heterocycles. The van der Waals surface area contributed by atoms with Gasteiger partial charge in [-0.3, -0.25) is 4.79 Å². The van der Waals surface area contributed by atoms with E-state index in [4.69, 9.17) is 4.74 Å². The molecular formula is C14H22O2. The summed E-state index contributed by atoms with van der Waals surface area (Å²) in [5.74, 6) is 0.629. The number of hydrogen-bond acceptors (Lipinski definition) is 2. The summed E-state index contributed by atoms with van der Waals surface area (Å²) in [4.78, 5) is 11.9. The van der Waals surface area contributed by atoms with Gasteiger partial charge in [-0.2, -0.15) is 0 Å². The predicted molar refractivity (Wildman–Crippen MR) is 64.0 cm³/mol. The summed E-state index contributed by atoms with van der Waals surface area (Å²) in [5, 5.41) is 0. The van der Waals surface area contributed by atoms with E-state index < -0.39 is 0 Å². The van der Waals surface area contributed by atoms with E-state index in [1.54, 1.807) is 0 Å². The summed E-state index contributed by atoms with van der Waals surface area (Å²) in [6, 6.07) is 0. The Morgan fingerprint density at radius 2 is 2.06 bits per heavy atom. The third-order valence-electron chi connectivity index (χ3n) is 4.05. The van der Waals surface area contributed by atoms with Crippen molar-refractivity contribution in [3.8, 4) is 0 Å². The summed E-state index contributed by atoms with van der Waals surface area (Å²) in [6.45, 7) is 0. The molecule has 2 heteroatoms. The van der Waals surface area contributed by atoms with Gasteiger partial charge in [-0.15, -0.1) is 0 Å². The highest BCUT2D eigenvalue weighted by Gasteiger charge is 2.34. The second-order valence-corrected chi connectivity index (χ2v) is 5.07. The third-order valence-corrected chi connectivity index (χ3v) is 4.05. The minimum atomic E-state index is 0.0000463. The van der Waals surface area contributed by atoms with Crippen LogP contribution in [0.1, 0.15) is 51.4 Å². The lowest BCUT2D eigenvalue weighted by Gasteiger charge is -2.26. The molecule has 2 rings (SSSR count). The Hall–Kier alpha value is -0.790. The van der Waals surface area contributed by atoms with Gasteiger partial charge in [-0.05, 0) is 44.4 Å². The van der Waals surface area contributed by atoms with Crippen molar-refractivity contribution in [3.63, 3.8) is 0 Å². The summed E-state index contributed by atoms with van der Waals surface area (Å²) in [7, 11) is 1.52. The summed E-state index contributed by atoms with van der Waals surface area (Å²) in [6.07, 6.45) is 12.1. The summed E-state index contributed by atoms with van der Waals surface area (Å²) >= 11 is 0. The Kier molecular flexibility index (Phi) is 4.03. The molecule has 1 fully saturated rings. The molecule has 2 aliphatic carbocycles. The Balaban J connectivity index is 2.12. The second-order valence-electron chi connectivity index (χ2n) is 5.07. The van der Waals surface area contributed by atoms with Crippen LogP contribution < -0.4 is 0 Å². The zero-order valence-electron chi connectivity index (χ0n) is 10.2. The zero-order chi connectivity index (χ0) is 11.4.